The average Bonchev–Trinajstić information content (AvgIpc) is 3.01. The van der Waals surface area contributed by atoms with Gasteiger partial charge in [0.2, 0.25) is 5.76 Å². The molecule has 4 rings (SSSR count). The van der Waals surface area contributed by atoms with Gasteiger partial charge in [-0.2, -0.15) is 0 Å². The minimum absolute atomic E-state index is 0.410. The smallest absolute Gasteiger partial charge is 0.394 e. The van der Waals surface area contributed by atoms with Crippen molar-refractivity contribution >= 4 is 0 Å². The van der Waals surface area contributed by atoms with Crippen LogP contribution in [-0.2, 0) is 0 Å². The fraction of sp³-hybridized carbons (Fsp3) is 0. The summed E-state index contributed by atoms with van der Waals surface area (Å²) in [5.41, 5.74) is 3.27. The molecule has 1 N–H and O–H groups in total. The Morgan fingerprint density at radius 3 is 1.58 bits per heavy atom. The van der Waals surface area contributed by atoms with Gasteiger partial charge in [-0.3, -0.25) is 5.21 Å². The Labute approximate surface area is 140 Å². The standard InChI is InChI=1S/C21H16NO2/c23-22-19(16-10-4-1-5-11-16)20(17-12-6-2-7-13-17)24-21(22)18-14-8-3-9-15-18/h1-15,23H/q+1. The number of rotatable bonds is 3. The predicted octanol–water partition coefficient (Wildman–Crippen LogP) is 4.81. The van der Waals surface area contributed by atoms with Gasteiger partial charge in [0.15, 0.2) is 0 Å². The van der Waals surface area contributed by atoms with Crippen LogP contribution in [0.2, 0.25) is 0 Å². The average molecular weight is 314 g/mol. The Bertz CT molecular complexity index is 945. The van der Waals surface area contributed by atoms with Crippen LogP contribution in [0.15, 0.2) is 95.4 Å². The molecule has 0 spiro atoms. The molecule has 1 heterocycles. The van der Waals surface area contributed by atoms with Crippen molar-refractivity contribution in [2.75, 3.05) is 0 Å². The van der Waals surface area contributed by atoms with Gasteiger partial charge in [0.25, 0.3) is 0 Å². The third-order valence-corrected chi connectivity index (χ3v) is 3.92. The lowest BCUT2D eigenvalue weighted by molar-refractivity contribution is -0.889. The van der Waals surface area contributed by atoms with Crippen molar-refractivity contribution in [1.29, 1.82) is 0 Å². The van der Waals surface area contributed by atoms with Crippen molar-refractivity contribution in [3.63, 3.8) is 0 Å². The normalized spacial score (nSPS) is 10.7. The summed E-state index contributed by atoms with van der Waals surface area (Å²) in [7, 11) is 0. The molecule has 0 fully saturated rings. The van der Waals surface area contributed by atoms with Gasteiger partial charge in [-0.25, -0.2) is 0 Å². The molecule has 0 aliphatic carbocycles. The molecule has 1 aromatic heterocycles. The van der Waals surface area contributed by atoms with Gasteiger partial charge < -0.3 is 4.42 Å². The summed E-state index contributed by atoms with van der Waals surface area (Å²) in [5.74, 6) is 1.05. The van der Waals surface area contributed by atoms with Crippen LogP contribution in [0.1, 0.15) is 0 Å². The summed E-state index contributed by atoms with van der Waals surface area (Å²) in [5, 5.41) is 10.8. The first kappa shape index (κ1) is 14.3. The molecular weight excluding hydrogens is 298 g/mol. The lowest BCUT2D eigenvalue weighted by atomic mass is 10.1. The Kier molecular flexibility index (Phi) is 3.60. The van der Waals surface area contributed by atoms with Crippen molar-refractivity contribution in [3.05, 3.63) is 91.0 Å². The number of hydrogen-bond donors (Lipinski definition) is 1. The van der Waals surface area contributed by atoms with Crippen LogP contribution in [0, 0.1) is 0 Å². The zero-order chi connectivity index (χ0) is 16.4. The molecule has 0 bridgehead atoms. The van der Waals surface area contributed by atoms with Gasteiger partial charge in [-0.1, -0.05) is 66.7 Å². The number of aromatic nitrogens is 1. The third kappa shape index (κ3) is 2.46. The maximum Gasteiger partial charge on any atom is 0.430 e. The van der Waals surface area contributed by atoms with E-state index < -0.39 is 0 Å². The van der Waals surface area contributed by atoms with E-state index in [2.05, 4.69) is 0 Å². The zero-order valence-electron chi connectivity index (χ0n) is 13.0. The van der Waals surface area contributed by atoms with Gasteiger partial charge in [0, 0.05) is 5.56 Å². The van der Waals surface area contributed by atoms with Crippen molar-refractivity contribution in [2.45, 2.75) is 0 Å². The van der Waals surface area contributed by atoms with E-state index in [9.17, 15) is 5.21 Å². The summed E-state index contributed by atoms with van der Waals surface area (Å²) in [6.45, 7) is 0. The Morgan fingerprint density at radius 2 is 1.04 bits per heavy atom. The van der Waals surface area contributed by atoms with E-state index in [1.54, 1.807) is 0 Å². The second-order valence-electron chi connectivity index (χ2n) is 5.49. The maximum atomic E-state index is 10.8. The first-order chi connectivity index (χ1) is 11.8. The van der Waals surface area contributed by atoms with Gasteiger partial charge in [0.1, 0.15) is 0 Å². The number of hydrogen-bond acceptors (Lipinski definition) is 2. The highest BCUT2D eigenvalue weighted by Gasteiger charge is 2.32. The molecule has 0 aliphatic rings. The molecule has 0 amide bonds. The highest BCUT2D eigenvalue weighted by Crippen LogP contribution is 2.33. The SMILES string of the molecule is O[n+]1c(-c2ccccc2)oc(-c2ccccc2)c1-c1ccccc1. The van der Waals surface area contributed by atoms with Crippen LogP contribution < -0.4 is 4.73 Å². The van der Waals surface area contributed by atoms with Crippen molar-refractivity contribution < 1.29 is 14.4 Å². The van der Waals surface area contributed by atoms with Crippen molar-refractivity contribution in [2.24, 2.45) is 0 Å². The molecule has 3 nitrogen and oxygen atoms in total. The van der Waals surface area contributed by atoms with E-state index >= 15 is 0 Å². The molecule has 0 radical (unpaired) electrons. The third-order valence-electron chi connectivity index (χ3n) is 3.92. The first-order valence-corrected chi connectivity index (χ1v) is 7.79. The Morgan fingerprint density at radius 1 is 0.583 bits per heavy atom. The summed E-state index contributed by atoms with van der Waals surface area (Å²) >= 11 is 0. The maximum absolute atomic E-state index is 10.8. The van der Waals surface area contributed by atoms with Crippen LogP contribution in [-0.4, -0.2) is 5.21 Å². The molecule has 0 atom stereocenters. The summed E-state index contributed by atoms with van der Waals surface area (Å²) in [6, 6.07) is 29.2. The fourth-order valence-electron chi connectivity index (χ4n) is 2.78. The molecule has 3 heteroatoms. The quantitative estimate of drug-likeness (QED) is 0.435. The minimum atomic E-state index is 0.410. The molecule has 0 unspecified atom stereocenters. The predicted molar refractivity (Wildman–Crippen MR) is 92.4 cm³/mol. The van der Waals surface area contributed by atoms with Crippen LogP contribution in [0.25, 0.3) is 34.0 Å². The Balaban J connectivity index is 1.99. The van der Waals surface area contributed by atoms with Crippen LogP contribution >= 0.6 is 0 Å². The molecule has 4 aromatic rings. The van der Waals surface area contributed by atoms with Gasteiger partial charge in [-0.15, -0.1) is 0 Å². The van der Waals surface area contributed by atoms with Crippen LogP contribution in [0.4, 0.5) is 0 Å². The first-order valence-electron chi connectivity index (χ1n) is 7.79. The lowest BCUT2D eigenvalue weighted by Crippen LogP contribution is -2.32. The van der Waals surface area contributed by atoms with Crippen molar-refractivity contribution in [1.82, 2.24) is 0 Å². The fourth-order valence-corrected chi connectivity index (χ4v) is 2.78. The molecule has 0 saturated carbocycles. The summed E-state index contributed by atoms with van der Waals surface area (Å²) in [6.07, 6.45) is 0. The highest BCUT2D eigenvalue weighted by atomic mass is 16.5. The van der Waals surface area contributed by atoms with Crippen molar-refractivity contribution in [3.8, 4) is 34.0 Å². The molecule has 24 heavy (non-hydrogen) atoms. The molecule has 0 saturated heterocycles. The monoisotopic (exact) mass is 314 g/mol. The largest absolute Gasteiger partial charge is 0.430 e. The van der Waals surface area contributed by atoms with Gasteiger partial charge >= 0.3 is 11.6 Å². The summed E-state index contributed by atoms with van der Waals surface area (Å²) < 4.78 is 7.22. The van der Waals surface area contributed by atoms with E-state index in [4.69, 9.17) is 4.42 Å². The minimum Gasteiger partial charge on any atom is -0.394 e. The van der Waals surface area contributed by atoms with Crippen LogP contribution in [0.3, 0.4) is 0 Å². The van der Waals surface area contributed by atoms with Gasteiger partial charge in [0.05, 0.1) is 15.9 Å². The number of oxazole rings is 1. The van der Waals surface area contributed by atoms with E-state index in [0.29, 0.717) is 17.3 Å². The Hall–Kier alpha value is -3.33. The molecule has 3 aromatic carbocycles. The topological polar surface area (TPSA) is 37.2 Å². The number of nitrogens with zero attached hydrogens (tertiary/aromatic N) is 1. The second kappa shape index (κ2) is 6.05. The second-order valence-corrected chi connectivity index (χ2v) is 5.49. The van der Waals surface area contributed by atoms with Gasteiger partial charge in [-0.05, 0) is 24.3 Å². The van der Waals surface area contributed by atoms with E-state index in [-0.39, 0.29) is 0 Å². The molecule has 0 aliphatic heterocycles. The molecule has 116 valence electrons. The van der Waals surface area contributed by atoms with E-state index in [1.807, 2.05) is 91.0 Å². The van der Waals surface area contributed by atoms with Crippen LogP contribution in [0.5, 0.6) is 0 Å². The zero-order valence-corrected chi connectivity index (χ0v) is 13.0. The highest BCUT2D eigenvalue weighted by molar-refractivity contribution is 5.75. The summed E-state index contributed by atoms with van der Waals surface area (Å²) in [4.78, 5) is 0. The number of benzene rings is 3. The molecular formula is C21H16NO2+. The van der Waals surface area contributed by atoms with E-state index in [0.717, 1.165) is 21.4 Å². The lowest BCUT2D eigenvalue weighted by Gasteiger charge is -1.97. The van der Waals surface area contributed by atoms with E-state index in [1.165, 1.54) is 0 Å².